The maximum absolute atomic E-state index is 6.38. The number of aryl methyl sites for hydroxylation is 1. The molecule has 0 fully saturated rings. The van der Waals surface area contributed by atoms with Crippen LogP contribution in [0.3, 0.4) is 0 Å². The van der Waals surface area contributed by atoms with Crippen molar-refractivity contribution in [1.29, 1.82) is 0 Å². The molecule has 2 aromatic heterocycles. The van der Waals surface area contributed by atoms with Crippen molar-refractivity contribution in [2.24, 2.45) is 0 Å². The van der Waals surface area contributed by atoms with E-state index < -0.39 is 0 Å². The van der Waals surface area contributed by atoms with Crippen molar-refractivity contribution in [3.63, 3.8) is 0 Å². The van der Waals surface area contributed by atoms with Crippen LogP contribution >= 0.6 is 50.7 Å². The Morgan fingerprint density at radius 1 is 1.19 bits per heavy atom. The van der Waals surface area contributed by atoms with Gasteiger partial charge >= 0.3 is 0 Å². The third-order valence-corrected chi connectivity index (χ3v) is 5.19. The highest BCUT2D eigenvalue weighted by molar-refractivity contribution is 9.10. The summed E-state index contributed by atoms with van der Waals surface area (Å²) in [6, 6.07) is 5.61. The lowest BCUT2D eigenvalue weighted by Crippen LogP contribution is -2.01. The average molecular weight is 406 g/mol. The molecule has 1 aromatic carbocycles. The van der Waals surface area contributed by atoms with Crippen LogP contribution in [0.1, 0.15) is 11.4 Å². The summed E-state index contributed by atoms with van der Waals surface area (Å²) in [6.07, 6.45) is 1.74. The van der Waals surface area contributed by atoms with E-state index in [0.29, 0.717) is 27.2 Å². The predicted molar refractivity (Wildman–Crippen MR) is 90.9 cm³/mol. The molecule has 0 spiro atoms. The predicted octanol–water partition coefficient (Wildman–Crippen LogP) is 5.54. The van der Waals surface area contributed by atoms with Gasteiger partial charge in [-0.3, -0.25) is 4.57 Å². The van der Waals surface area contributed by atoms with E-state index in [9.17, 15) is 0 Å². The van der Waals surface area contributed by atoms with E-state index in [1.807, 2.05) is 29.7 Å². The summed E-state index contributed by atoms with van der Waals surface area (Å²) >= 11 is 22.0. The van der Waals surface area contributed by atoms with Crippen molar-refractivity contribution in [3.05, 3.63) is 50.3 Å². The van der Waals surface area contributed by atoms with Gasteiger partial charge in [-0.25, -0.2) is 9.97 Å². The van der Waals surface area contributed by atoms with Crippen molar-refractivity contribution >= 4 is 61.9 Å². The molecule has 0 unspecified atom stereocenters. The van der Waals surface area contributed by atoms with Crippen LogP contribution in [-0.4, -0.2) is 14.5 Å². The molecule has 108 valence electrons. The number of benzene rings is 1. The Balaban J connectivity index is 2.40. The molecule has 0 amide bonds. The molecule has 2 heterocycles. The molecule has 0 N–H and O–H groups in total. The van der Waals surface area contributed by atoms with Crippen molar-refractivity contribution in [2.75, 3.05) is 0 Å². The molecular formula is C14H9BrCl3N3. The highest BCUT2D eigenvalue weighted by Gasteiger charge is 2.18. The van der Waals surface area contributed by atoms with Gasteiger partial charge in [-0.15, -0.1) is 11.6 Å². The van der Waals surface area contributed by atoms with E-state index in [1.54, 1.807) is 6.20 Å². The maximum Gasteiger partial charge on any atom is 0.165 e. The molecule has 0 saturated heterocycles. The Hall–Kier alpha value is -0.810. The van der Waals surface area contributed by atoms with Crippen molar-refractivity contribution < 1.29 is 0 Å². The summed E-state index contributed by atoms with van der Waals surface area (Å²) in [7, 11) is 0. The first-order valence-corrected chi connectivity index (χ1v) is 8.15. The van der Waals surface area contributed by atoms with E-state index in [4.69, 9.17) is 34.8 Å². The van der Waals surface area contributed by atoms with Crippen LogP contribution < -0.4 is 0 Å². The number of hydrogen-bond donors (Lipinski definition) is 0. The monoisotopic (exact) mass is 403 g/mol. The number of halogens is 4. The van der Waals surface area contributed by atoms with E-state index >= 15 is 0 Å². The fraction of sp³-hybridized carbons (Fsp3) is 0.143. The molecule has 21 heavy (non-hydrogen) atoms. The normalized spacial score (nSPS) is 11.3. The zero-order chi connectivity index (χ0) is 15.1. The number of nitrogens with zero attached hydrogens (tertiary/aromatic N) is 3. The molecule has 7 heteroatoms. The van der Waals surface area contributed by atoms with Crippen LogP contribution in [0.15, 0.2) is 28.9 Å². The zero-order valence-electron chi connectivity index (χ0n) is 10.9. The minimum absolute atomic E-state index is 0.250. The lowest BCUT2D eigenvalue weighted by molar-refractivity contribution is 0.969. The highest BCUT2D eigenvalue weighted by atomic mass is 79.9. The SMILES string of the molecule is Cc1ccnc2c1nc(CCl)n2-c1ccc(Br)c(Cl)c1Cl. The summed E-state index contributed by atoms with van der Waals surface area (Å²) in [5.74, 6) is 0.925. The Labute approximate surface area is 145 Å². The fourth-order valence-corrected chi connectivity index (χ4v) is 3.20. The number of alkyl halides is 1. The van der Waals surface area contributed by atoms with Crippen LogP contribution in [0.5, 0.6) is 0 Å². The third kappa shape index (κ3) is 2.44. The van der Waals surface area contributed by atoms with Gasteiger partial charge in [0, 0.05) is 10.7 Å². The fourth-order valence-electron chi connectivity index (χ4n) is 2.17. The first-order valence-electron chi connectivity index (χ1n) is 6.07. The lowest BCUT2D eigenvalue weighted by Gasteiger charge is -2.11. The quantitative estimate of drug-likeness (QED) is 0.414. The average Bonchev–Trinajstić information content (AvgIpc) is 2.85. The van der Waals surface area contributed by atoms with E-state index in [0.717, 1.165) is 15.6 Å². The van der Waals surface area contributed by atoms with Gasteiger partial charge in [-0.1, -0.05) is 23.2 Å². The molecule has 0 saturated carbocycles. The second-order valence-corrected chi connectivity index (χ2v) is 6.37. The van der Waals surface area contributed by atoms with E-state index in [2.05, 4.69) is 25.9 Å². The number of aromatic nitrogens is 3. The topological polar surface area (TPSA) is 30.7 Å². The second kappa shape index (κ2) is 5.76. The highest BCUT2D eigenvalue weighted by Crippen LogP contribution is 2.36. The van der Waals surface area contributed by atoms with E-state index in [-0.39, 0.29) is 5.88 Å². The first kappa shape index (κ1) is 15.1. The lowest BCUT2D eigenvalue weighted by atomic mass is 10.2. The largest absolute Gasteiger partial charge is 0.278 e. The summed E-state index contributed by atoms with van der Waals surface area (Å²) < 4.78 is 2.58. The number of rotatable bonds is 2. The number of imidazole rings is 1. The summed E-state index contributed by atoms with van der Waals surface area (Å²) in [6.45, 7) is 1.98. The van der Waals surface area contributed by atoms with Crippen molar-refractivity contribution in [1.82, 2.24) is 14.5 Å². The number of fused-ring (bicyclic) bond motifs is 1. The minimum Gasteiger partial charge on any atom is -0.278 e. The van der Waals surface area contributed by atoms with Crippen molar-refractivity contribution in [2.45, 2.75) is 12.8 Å². The standard InChI is InChI=1S/C14H9BrCl3N3/c1-7-4-5-19-14-13(7)20-10(6-16)21(14)9-3-2-8(15)11(17)12(9)18/h2-5H,6H2,1H3. The maximum atomic E-state index is 6.38. The molecular weight excluding hydrogens is 396 g/mol. The van der Waals surface area contributed by atoms with E-state index in [1.165, 1.54) is 0 Å². The van der Waals surface area contributed by atoms with Gasteiger partial charge in [0.2, 0.25) is 0 Å². The second-order valence-electron chi connectivity index (χ2n) is 4.49. The molecule has 0 atom stereocenters. The van der Waals surface area contributed by atoms with Gasteiger partial charge in [0.05, 0.1) is 21.6 Å². The van der Waals surface area contributed by atoms with Gasteiger partial charge in [-0.2, -0.15) is 0 Å². The summed E-state index contributed by atoms with van der Waals surface area (Å²) in [5, 5.41) is 0.879. The van der Waals surface area contributed by atoms with Gasteiger partial charge in [0.15, 0.2) is 5.65 Å². The van der Waals surface area contributed by atoms with Gasteiger partial charge in [-0.05, 0) is 46.6 Å². The number of hydrogen-bond acceptors (Lipinski definition) is 2. The molecule has 0 aliphatic heterocycles. The molecule has 0 bridgehead atoms. The van der Waals surface area contributed by atoms with Gasteiger partial charge in [0.25, 0.3) is 0 Å². The summed E-state index contributed by atoms with van der Waals surface area (Å²) in [4.78, 5) is 8.96. The first-order chi connectivity index (χ1) is 10.0. The molecule has 0 aliphatic carbocycles. The third-order valence-electron chi connectivity index (χ3n) is 3.19. The minimum atomic E-state index is 0.250. The Morgan fingerprint density at radius 2 is 1.95 bits per heavy atom. The molecule has 0 aliphatic rings. The zero-order valence-corrected chi connectivity index (χ0v) is 14.7. The van der Waals surface area contributed by atoms with Crippen LogP contribution in [0.2, 0.25) is 10.0 Å². The number of pyridine rings is 1. The van der Waals surface area contributed by atoms with Crippen LogP contribution in [0, 0.1) is 6.92 Å². The Bertz CT molecular complexity index is 845. The van der Waals surface area contributed by atoms with Crippen LogP contribution in [0.4, 0.5) is 0 Å². The molecule has 3 aromatic rings. The smallest absolute Gasteiger partial charge is 0.165 e. The Morgan fingerprint density at radius 3 is 2.67 bits per heavy atom. The molecule has 3 nitrogen and oxygen atoms in total. The van der Waals surface area contributed by atoms with Gasteiger partial charge < -0.3 is 0 Å². The van der Waals surface area contributed by atoms with Crippen molar-refractivity contribution in [3.8, 4) is 5.69 Å². The summed E-state index contributed by atoms with van der Waals surface area (Å²) in [5.41, 5.74) is 3.26. The molecule has 0 radical (unpaired) electrons. The van der Waals surface area contributed by atoms with Crippen LogP contribution in [0.25, 0.3) is 16.9 Å². The van der Waals surface area contributed by atoms with Crippen LogP contribution in [-0.2, 0) is 5.88 Å². The van der Waals surface area contributed by atoms with Gasteiger partial charge in [0.1, 0.15) is 11.3 Å². The molecule has 3 rings (SSSR count). The Kier molecular flexibility index (Phi) is 4.14.